The third-order valence-electron chi connectivity index (χ3n) is 6.86. The minimum absolute atomic E-state index is 0.0619. The van der Waals surface area contributed by atoms with Crippen LogP contribution in [-0.2, 0) is 4.79 Å². The summed E-state index contributed by atoms with van der Waals surface area (Å²) in [6.45, 7) is 1.95. The number of aliphatic carboxylic acids is 1. The lowest BCUT2D eigenvalue weighted by molar-refractivity contribution is -0.137. The van der Waals surface area contributed by atoms with Gasteiger partial charge in [0.25, 0.3) is 5.91 Å². The molecule has 8 heteroatoms. The van der Waals surface area contributed by atoms with E-state index in [1.807, 2.05) is 6.92 Å². The number of benzene rings is 2. The summed E-state index contributed by atoms with van der Waals surface area (Å²) in [5.41, 5.74) is 2.01. The molecule has 186 valence electrons. The summed E-state index contributed by atoms with van der Waals surface area (Å²) in [4.78, 5) is 24.8. The van der Waals surface area contributed by atoms with Crippen molar-refractivity contribution in [1.29, 1.82) is 0 Å². The first-order chi connectivity index (χ1) is 16.7. The van der Waals surface area contributed by atoms with Gasteiger partial charge in [-0.2, -0.15) is 0 Å². The Morgan fingerprint density at radius 3 is 2.49 bits per heavy atom. The van der Waals surface area contributed by atoms with Crippen LogP contribution in [0.2, 0.25) is 0 Å². The Hall–Kier alpha value is -3.42. The molecule has 2 N–H and O–H groups in total. The molecule has 35 heavy (non-hydrogen) atoms. The standard InChI is InChI=1S/C27H30F2N2O4/c1-16-21-14-19(28)15-22(29)26(21)35-25(16)24(17-6-4-3-5-7-17)30-20-10-8-18(9-11-20)27(34)31(2)13-12-23(32)33/h8-11,14-15,17,24,30H,3-7,12-13H2,1-2H3,(H,32,33). The van der Waals surface area contributed by atoms with Crippen molar-refractivity contribution in [1.82, 2.24) is 4.90 Å². The van der Waals surface area contributed by atoms with Crippen molar-refractivity contribution >= 4 is 28.5 Å². The number of aryl methyl sites for hydroxylation is 1. The fourth-order valence-electron chi connectivity index (χ4n) is 4.90. The Bertz CT molecular complexity index is 1220. The van der Waals surface area contributed by atoms with E-state index in [0.717, 1.165) is 37.4 Å². The topological polar surface area (TPSA) is 82.8 Å². The van der Waals surface area contributed by atoms with Gasteiger partial charge >= 0.3 is 5.97 Å². The van der Waals surface area contributed by atoms with E-state index in [4.69, 9.17) is 9.52 Å². The van der Waals surface area contributed by atoms with Crippen molar-refractivity contribution < 1.29 is 27.9 Å². The lowest BCUT2D eigenvalue weighted by Gasteiger charge is -2.31. The Balaban J connectivity index is 1.60. The van der Waals surface area contributed by atoms with Crippen LogP contribution >= 0.6 is 0 Å². The zero-order chi connectivity index (χ0) is 25.1. The SMILES string of the molecule is Cc1c(C(Nc2ccc(C(=O)N(C)CCC(=O)O)cc2)C2CCCCC2)oc2c(F)cc(F)cc12. The first kappa shape index (κ1) is 24.7. The molecule has 1 fully saturated rings. The van der Waals surface area contributed by atoms with Crippen LogP contribution in [0.1, 0.15) is 66.2 Å². The number of carbonyl (C=O) groups is 2. The lowest BCUT2D eigenvalue weighted by Crippen LogP contribution is -2.29. The molecule has 0 radical (unpaired) electrons. The van der Waals surface area contributed by atoms with Crippen LogP contribution in [0.25, 0.3) is 11.0 Å². The number of amides is 1. The number of anilines is 1. The largest absolute Gasteiger partial charge is 0.481 e. The number of carbonyl (C=O) groups excluding carboxylic acids is 1. The number of fused-ring (bicyclic) bond motifs is 1. The lowest BCUT2D eigenvalue weighted by atomic mass is 9.82. The van der Waals surface area contributed by atoms with Crippen LogP contribution < -0.4 is 5.32 Å². The first-order valence-corrected chi connectivity index (χ1v) is 12.0. The summed E-state index contributed by atoms with van der Waals surface area (Å²) in [6, 6.07) is 8.89. The second-order valence-corrected chi connectivity index (χ2v) is 9.32. The summed E-state index contributed by atoms with van der Waals surface area (Å²) in [5, 5.41) is 12.8. The molecule has 1 amide bonds. The van der Waals surface area contributed by atoms with Crippen LogP contribution in [0.15, 0.2) is 40.8 Å². The van der Waals surface area contributed by atoms with Gasteiger partial charge in [-0.3, -0.25) is 9.59 Å². The first-order valence-electron chi connectivity index (χ1n) is 12.0. The van der Waals surface area contributed by atoms with Gasteiger partial charge in [0.15, 0.2) is 11.4 Å². The molecule has 1 aliphatic carbocycles. The molecule has 0 spiro atoms. The highest BCUT2D eigenvalue weighted by molar-refractivity contribution is 5.94. The second-order valence-electron chi connectivity index (χ2n) is 9.32. The normalized spacial score (nSPS) is 15.2. The van der Waals surface area contributed by atoms with Crippen molar-refractivity contribution in [3.8, 4) is 0 Å². The molecular formula is C27H30F2N2O4. The number of carboxylic acid groups (broad SMARTS) is 1. The molecule has 6 nitrogen and oxygen atoms in total. The molecule has 0 aliphatic heterocycles. The molecule has 0 saturated heterocycles. The molecule has 1 saturated carbocycles. The van der Waals surface area contributed by atoms with E-state index in [-0.39, 0.29) is 36.4 Å². The van der Waals surface area contributed by atoms with Gasteiger partial charge < -0.3 is 19.7 Å². The number of nitrogens with one attached hydrogen (secondary N) is 1. The van der Waals surface area contributed by atoms with Gasteiger partial charge in [0.1, 0.15) is 11.6 Å². The van der Waals surface area contributed by atoms with Gasteiger partial charge in [0.2, 0.25) is 0 Å². The molecule has 1 aromatic heterocycles. The van der Waals surface area contributed by atoms with Gasteiger partial charge in [0, 0.05) is 41.9 Å². The second kappa shape index (κ2) is 10.5. The molecule has 2 aromatic carbocycles. The van der Waals surface area contributed by atoms with E-state index in [1.54, 1.807) is 31.3 Å². The quantitative estimate of drug-likeness (QED) is 0.392. The molecule has 1 aliphatic rings. The van der Waals surface area contributed by atoms with E-state index < -0.39 is 17.6 Å². The van der Waals surface area contributed by atoms with Crippen LogP contribution in [-0.4, -0.2) is 35.5 Å². The van der Waals surface area contributed by atoms with Crippen LogP contribution in [0.3, 0.4) is 0 Å². The summed E-state index contributed by atoms with van der Waals surface area (Å²) in [5.74, 6) is -1.70. The summed E-state index contributed by atoms with van der Waals surface area (Å²) < 4.78 is 34.3. The van der Waals surface area contributed by atoms with Gasteiger partial charge in [0.05, 0.1) is 12.5 Å². The number of hydrogen-bond acceptors (Lipinski definition) is 4. The number of furan rings is 1. The third-order valence-corrected chi connectivity index (χ3v) is 6.86. The van der Waals surface area contributed by atoms with E-state index in [0.29, 0.717) is 22.3 Å². The van der Waals surface area contributed by atoms with Crippen molar-refractivity contribution in [3.63, 3.8) is 0 Å². The fourth-order valence-corrected chi connectivity index (χ4v) is 4.90. The highest BCUT2D eigenvalue weighted by Gasteiger charge is 2.30. The van der Waals surface area contributed by atoms with Crippen LogP contribution in [0.4, 0.5) is 14.5 Å². The van der Waals surface area contributed by atoms with Gasteiger partial charge in [-0.05, 0) is 56.0 Å². The minimum Gasteiger partial charge on any atom is -0.481 e. The Morgan fingerprint density at radius 2 is 1.83 bits per heavy atom. The van der Waals surface area contributed by atoms with Crippen molar-refractivity contribution in [2.75, 3.05) is 18.9 Å². The van der Waals surface area contributed by atoms with E-state index in [9.17, 15) is 18.4 Å². The zero-order valence-electron chi connectivity index (χ0n) is 19.9. The Morgan fingerprint density at radius 1 is 1.14 bits per heavy atom. The maximum atomic E-state index is 14.4. The van der Waals surface area contributed by atoms with Crippen molar-refractivity contribution in [2.45, 2.75) is 51.5 Å². The van der Waals surface area contributed by atoms with E-state index in [2.05, 4.69) is 5.32 Å². The predicted molar refractivity (Wildman–Crippen MR) is 129 cm³/mol. The van der Waals surface area contributed by atoms with E-state index >= 15 is 0 Å². The van der Waals surface area contributed by atoms with Crippen molar-refractivity contribution in [2.24, 2.45) is 5.92 Å². The summed E-state index contributed by atoms with van der Waals surface area (Å²) >= 11 is 0. The maximum Gasteiger partial charge on any atom is 0.305 e. The average molecular weight is 485 g/mol. The number of hydrogen-bond donors (Lipinski definition) is 2. The highest BCUT2D eigenvalue weighted by atomic mass is 19.1. The average Bonchev–Trinajstić information content (AvgIpc) is 3.17. The minimum atomic E-state index is -0.957. The summed E-state index contributed by atoms with van der Waals surface area (Å²) in [6.07, 6.45) is 5.25. The fraction of sp³-hybridized carbons (Fsp3) is 0.407. The third kappa shape index (κ3) is 5.47. The van der Waals surface area contributed by atoms with E-state index in [1.165, 1.54) is 17.4 Å². The summed E-state index contributed by atoms with van der Waals surface area (Å²) in [7, 11) is 1.57. The molecule has 1 unspecified atom stereocenters. The number of halogens is 2. The molecule has 1 atom stereocenters. The number of carboxylic acids is 1. The smallest absolute Gasteiger partial charge is 0.305 e. The molecule has 1 heterocycles. The molecule has 0 bridgehead atoms. The van der Waals surface area contributed by atoms with Gasteiger partial charge in [-0.15, -0.1) is 0 Å². The van der Waals surface area contributed by atoms with Crippen LogP contribution in [0, 0.1) is 24.5 Å². The molecule has 3 aromatic rings. The zero-order valence-corrected chi connectivity index (χ0v) is 19.9. The van der Waals surface area contributed by atoms with Crippen LogP contribution in [0.5, 0.6) is 0 Å². The van der Waals surface area contributed by atoms with Gasteiger partial charge in [-0.25, -0.2) is 8.78 Å². The monoisotopic (exact) mass is 484 g/mol. The number of nitrogens with zero attached hydrogens (tertiary/aromatic N) is 1. The highest BCUT2D eigenvalue weighted by Crippen LogP contribution is 2.41. The Labute approximate surface area is 202 Å². The molecule has 4 rings (SSSR count). The Kier molecular flexibility index (Phi) is 7.38. The maximum absolute atomic E-state index is 14.4. The predicted octanol–water partition coefficient (Wildman–Crippen LogP) is 6.30. The van der Waals surface area contributed by atoms with Gasteiger partial charge in [-0.1, -0.05) is 19.3 Å². The number of rotatable bonds is 8. The van der Waals surface area contributed by atoms with Crippen molar-refractivity contribution in [3.05, 3.63) is 64.9 Å². The molecular weight excluding hydrogens is 454 g/mol.